The van der Waals surface area contributed by atoms with E-state index in [1.165, 1.54) is 32.1 Å². The Morgan fingerprint density at radius 3 is 2.65 bits per heavy atom. The minimum Gasteiger partial charge on any atom is -0.368 e. The third-order valence-corrected chi connectivity index (χ3v) is 4.60. The van der Waals surface area contributed by atoms with Crippen LogP contribution in [-0.4, -0.2) is 37.1 Å². The molecule has 1 saturated carbocycles. The van der Waals surface area contributed by atoms with E-state index in [1.54, 1.807) is 0 Å². The second-order valence-electron chi connectivity index (χ2n) is 6.28. The van der Waals surface area contributed by atoms with Gasteiger partial charge in [-0.3, -0.25) is 4.79 Å². The van der Waals surface area contributed by atoms with Gasteiger partial charge in [0.15, 0.2) is 0 Å². The molecule has 1 unspecified atom stereocenters. The molecule has 20 heavy (non-hydrogen) atoms. The number of nitrogens with zero attached hydrogens (tertiary/aromatic N) is 1. The average Bonchev–Trinajstić information content (AvgIpc) is 2.49. The highest BCUT2D eigenvalue weighted by molar-refractivity contribution is 5.76. The summed E-state index contributed by atoms with van der Waals surface area (Å²) >= 11 is 0. The Morgan fingerprint density at radius 2 is 1.90 bits per heavy atom. The zero-order valence-electron chi connectivity index (χ0n) is 12.5. The zero-order valence-corrected chi connectivity index (χ0v) is 12.5. The summed E-state index contributed by atoms with van der Waals surface area (Å²) < 4.78 is 5.43. The molecule has 0 aromatic rings. The maximum atomic E-state index is 12.4. The van der Waals surface area contributed by atoms with Gasteiger partial charge in [0.2, 0.25) is 5.91 Å². The van der Waals surface area contributed by atoms with Gasteiger partial charge < -0.3 is 9.64 Å². The van der Waals surface area contributed by atoms with Crippen molar-refractivity contribution in [3.05, 3.63) is 0 Å². The van der Waals surface area contributed by atoms with Crippen molar-refractivity contribution < 1.29 is 9.53 Å². The van der Waals surface area contributed by atoms with Crippen LogP contribution in [0.15, 0.2) is 0 Å². The van der Waals surface area contributed by atoms with Crippen molar-refractivity contribution >= 4 is 5.91 Å². The summed E-state index contributed by atoms with van der Waals surface area (Å²) in [6.45, 7) is 2.86. The van der Waals surface area contributed by atoms with Gasteiger partial charge in [0, 0.05) is 19.5 Å². The standard InChI is InChI=1S/C17H27NO2/c1-2-11-20-14-16-9-6-10-18(13-16)17(19)12-15-7-4-3-5-8-15/h1,15-16H,3-14H2. The lowest BCUT2D eigenvalue weighted by atomic mass is 9.86. The van der Waals surface area contributed by atoms with E-state index in [-0.39, 0.29) is 0 Å². The van der Waals surface area contributed by atoms with Crippen LogP contribution in [0.3, 0.4) is 0 Å². The molecule has 0 bridgehead atoms. The average molecular weight is 277 g/mol. The summed E-state index contributed by atoms with van der Waals surface area (Å²) in [4.78, 5) is 14.5. The number of rotatable bonds is 5. The number of amides is 1. The van der Waals surface area contributed by atoms with Crippen molar-refractivity contribution in [2.75, 3.05) is 26.3 Å². The van der Waals surface area contributed by atoms with Crippen molar-refractivity contribution in [3.63, 3.8) is 0 Å². The monoisotopic (exact) mass is 277 g/mol. The topological polar surface area (TPSA) is 29.5 Å². The van der Waals surface area contributed by atoms with E-state index in [0.717, 1.165) is 32.4 Å². The lowest BCUT2D eigenvalue weighted by Gasteiger charge is -2.34. The fourth-order valence-electron chi connectivity index (χ4n) is 3.48. The predicted molar refractivity (Wildman–Crippen MR) is 80.1 cm³/mol. The highest BCUT2D eigenvalue weighted by atomic mass is 16.5. The van der Waals surface area contributed by atoms with Gasteiger partial charge in [-0.05, 0) is 37.5 Å². The van der Waals surface area contributed by atoms with E-state index in [1.807, 2.05) is 0 Å². The van der Waals surface area contributed by atoms with Crippen LogP contribution in [0.1, 0.15) is 51.4 Å². The van der Waals surface area contributed by atoms with Crippen LogP contribution in [-0.2, 0) is 9.53 Å². The summed E-state index contributed by atoms with van der Waals surface area (Å²) in [5.74, 6) is 3.95. The SMILES string of the molecule is C#CCOCC1CCCN(C(=O)CC2CCCCC2)C1. The van der Waals surface area contributed by atoms with Gasteiger partial charge in [-0.25, -0.2) is 0 Å². The number of piperidine rings is 1. The summed E-state index contributed by atoms with van der Waals surface area (Å²) in [5, 5.41) is 0. The molecular formula is C17H27NO2. The number of hydrogen-bond acceptors (Lipinski definition) is 2. The molecule has 0 aromatic heterocycles. The Bertz CT molecular complexity index is 341. The molecule has 0 N–H and O–H groups in total. The first kappa shape index (κ1) is 15.4. The minimum absolute atomic E-state index is 0.360. The molecule has 0 aromatic carbocycles. The van der Waals surface area contributed by atoms with Crippen molar-refractivity contribution in [2.45, 2.75) is 51.4 Å². The van der Waals surface area contributed by atoms with E-state index >= 15 is 0 Å². The summed E-state index contributed by atoms with van der Waals surface area (Å²) in [6.07, 6.45) is 14.6. The Hall–Kier alpha value is -1.01. The van der Waals surface area contributed by atoms with Crippen LogP contribution in [0, 0.1) is 24.2 Å². The third-order valence-electron chi connectivity index (χ3n) is 4.60. The van der Waals surface area contributed by atoms with E-state index in [0.29, 0.717) is 31.0 Å². The highest BCUT2D eigenvalue weighted by Gasteiger charge is 2.26. The summed E-state index contributed by atoms with van der Waals surface area (Å²) in [7, 11) is 0. The third kappa shape index (κ3) is 4.83. The maximum absolute atomic E-state index is 12.4. The van der Waals surface area contributed by atoms with Gasteiger partial charge in [0.25, 0.3) is 0 Å². The summed E-state index contributed by atoms with van der Waals surface area (Å²) in [5.41, 5.74) is 0. The number of terminal acetylenes is 1. The predicted octanol–water partition coefficient (Wildman–Crippen LogP) is 2.85. The number of carbonyl (C=O) groups excluding carboxylic acids is 1. The Kier molecular flexibility index (Phi) is 6.39. The Balaban J connectivity index is 1.73. The molecule has 0 radical (unpaired) electrons. The van der Waals surface area contributed by atoms with Gasteiger partial charge >= 0.3 is 0 Å². The second-order valence-corrected chi connectivity index (χ2v) is 6.28. The second kappa shape index (κ2) is 8.32. The molecule has 2 aliphatic rings. The van der Waals surface area contributed by atoms with Crippen molar-refractivity contribution in [3.8, 4) is 12.3 Å². The molecule has 112 valence electrons. The fourth-order valence-corrected chi connectivity index (χ4v) is 3.48. The van der Waals surface area contributed by atoms with Gasteiger partial charge in [0.1, 0.15) is 6.61 Å². The first-order chi connectivity index (χ1) is 9.79. The minimum atomic E-state index is 0.360. The van der Waals surface area contributed by atoms with Crippen LogP contribution >= 0.6 is 0 Å². The number of carbonyl (C=O) groups is 1. The Labute approximate surface area is 123 Å². The van der Waals surface area contributed by atoms with Crippen molar-refractivity contribution in [1.29, 1.82) is 0 Å². The van der Waals surface area contributed by atoms with Gasteiger partial charge in [-0.1, -0.05) is 25.2 Å². The van der Waals surface area contributed by atoms with Crippen LogP contribution in [0.25, 0.3) is 0 Å². The Morgan fingerprint density at radius 1 is 1.15 bits per heavy atom. The van der Waals surface area contributed by atoms with Gasteiger partial charge in [0.05, 0.1) is 6.61 Å². The van der Waals surface area contributed by atoms with Crippen molar-refractivity contribution in [2.24, 2.45) is 11.8 Å². The molecular weight excluding hydrogens is 250 g/mol. The first-order valence-electron chi connectivity index (χ1n) is 8.08. The molecule has 2 rings (SSSR count). The van der Waals surface area contributed by atoms with E-state index in [2.05, 4.69) is 10.8 Å². The molecule has 1 heterocycles. The molecule has 3 heteroatoms. The normalized spacial score (nSPS) is 24.4. The highest BCUT2D eigenvalue weighted by Crippen LogP contribution is 2.27. The summed E-state index contributed by atoms with van der Waals surface area (Å²) in [6, 6.07) is 0. The molecule has 1 amide bonds. The lowest BCUT2D eigenvalue weighted by Crippen LogP contribution is -2.42. The molecule has 1 aliphatic heterocycles. The fraction of sp³-hybridized carbons (Fsp3) is 0.824. The molecule has 2 fully saturated rings. The lowest BCUT2D eigenvalue weighted by molar-refractivity contribution is -0.134. The quantitative estimate of drug-likeness (QED) is 0.571. The zero-order chi connectivity index (χ0) is 14.2. The number of hydrogen-bond donors (Lipinski definition) is 0. The van der Waals surface area contributed by atoms with E-state index in [4.69, 9.17) is 11.2 Å². The van der Waals surface area contributed by atoms with Crippen LogP contribution in [0.2, 0.25) is 0 Å². The largest absolute Gasteiger partial charge is 0.368 e. The molecule has 1 atom stereocenters. The van der Waals surface area contributed by atoms with Crippen LogP contribution in [0.4, 0.5) is 0 Å². The van der Waals surface area contributed by atoms with Crippen LogP contribution in [0.5, 0.6) is 0 Å². The van der Waals surface area contributed by atoms with Gasteiger partial charge in [-0.2, -0.15) is 0 Å². The first-order valence-corrected chi connectivity index (χ1v) is 8.08. The number of ether oxygens (including phenoxy) is 1. The van der Waals surface area contributed by atoms with Gasteiger partial charge in [-0.15, -0.1) is 6.42 Å². The van der Waals surface area contributed by atoms with E-state index < -0.39 is 0 Å². The maximum Gasteiger partial charge on any atom is 0.222 e. The smallest absolute Gasteiger partial charge is 0.222 e. The molecule has 1 saturated heterocycles. The van der Waals surface area contributed by atoms with E-state index in [9.17, 15) is 4.79 Å². The van der Waals surface area contributed by atoms with Crippen LogP contribution < -0.4 is 0 Å². The van der Waals surface area contributed by atoms with Crippen molar-refractivity contribution in [1.82, 2.24) is 4.90 Å². The number of likely N-dealkylation sites (tertiary alicyclic amines) is 1. The molecule has 1 aliphatic carbocycles. The molecule has 3 nitrogen and oxygen atoms in total. The molecule has 0 spiro atoms.